The summed E-state index contributed by atoms with van der Waals surface area (Å²) in [6.45, 7) is 0. The van der Waals surface area contributed by atoms with Gasteiger partial charge in [-0.25, -0.2) is 9.78 Å². The van der Waals surface area contributed by atoms with E-state index in [-0.39, 0.29) is 5.69 Å². The number of ether oxygens (including phenoxy) is 1. The van der Waals surface area contributed by atoms with Crippen LogP contribution >= 0.6 is 0 Å². The van der Waals surface area contributed by atoms with Crippen molar-refractivity contribution in [3.05, 3.63) is 36.2 Å². The molecule has 2 aromatic rings. The topological polar surface area (TPSA) is 64.3 Å². The van der Waals surface area contributed by atoms with Gasteiger partial charge in [-0.1, -0.05) is 12.1 Å². The summed E-state index contributed by atoms with van der Waals surface area (Å²) >= 11 is 0. The molecule has 0 aliphatic heterocycles. The van der Waals surface area contributed by atoms with Gasteiger partial charge >= 0.3 is 5.97 Å². The molecule has 1 aromatic heterocycles. The van der Waals surface area contributed by atoms with Crippen LogP contribution in [-0.2, 0) is 7.05 Å². The Morgan fingerprint density at radius 3 is 2.82 bits per heavy atom. The average molecular weight is 232 g/mol. The number of carbonyl (C=O) groups is 1. The maximum Gasteiger partial charge on any atom is 0.354 e. The summed E-state index contributed by atoms with van der Waals surface area (Å²) < 4.78 is 6.66. The van der Waals surface area contributed by atoms with Gasteiger partial charge in [-0.3, -0.25) is 0 Å². The Balaban J connectivity index is 2.49. The van der Waals surface area contributed by atoms with E-state index < -0.39 is 5.97 Å². The highest BCUT2D eigenvalue weighted by atomic mass is 16.5. The van der Waals surface area contributed by atoms with E-state index in [2.05, 4.69) is 4.98 Å². The molecule has 0 saturated heterocycles. The molecule has 1 aromatic carbocycles. The zero-order valence-electron chi connectivity index (χ0n) is 9.54. The summed E-state index contributed by atoms with van der Waals surface area (Å²) in [5.41, 5.74) is 0.974. The molecule has 0 spiro atoms. The molecule has 0 bridgehead atoms. The van der Waals surface area contributed by atoms with Crippen molar-refractivity contribution < 1.29 is 14.6 Å². The van der Waals surface area contributed by atoms with E-state index in [9.17, 15) is 4.79 Å². The third-order valence-corrected chi connectivity index (χ3v) is 2.54. The summed E-state index contributed by atoms with van der Waals surface area (Å²) in [5, 5.41) is 8.94. The van der Waals surface area contributed by atoms with Gasteiger partial charge in [-0.05, 0) is 12.1 Å². The Bertz CT molecular complexity index is 561. The Morgan fingerprint density at radius 2 is 2.24 bits per heavy atom. The minimum Gasteiger partial charge on any atom is -0.497 e. The minimum absolute atomic E-state index is 0.155. The Morgan fingerprint density at radius 1 is 1.47 bits per heavy atom. The number of benzene rings is 1. The summed E-state index contributed by atoms with van der Waals surface area (Å²) in [4.78, 5) is 15.0. The second kappa shape index (κ2) is 4.29. The van der Waals surface area contributed by atoms with Gasteiger partial charge < -0.3 is 14.4 Å². The molecule has 0 radical (unpaired) electrons. The van der Waals surface area contributed by atoms with E-state index in [1.165, 1.54) is 10.8 Å². The largest absolute Gasteiger partial charge is 0.497 e. The molecule has 0 saturated carbocycles. The molecule has 0 aliphatic carbocycles. The van der Waals surface area contributed by atoms with E-state index in [1.54, 1.807) is 14.2 Å². The first-order chi connectivity index (χ1) is 8.13. The Kier molecular flexibility index (Phi) is 2.82. The highest BCUT2D eigenvalue weighted by molar-refractivity contribution is 5.86. The molecular formula is C12H12N2O3. The summed E-state index contributed by atoms with van der Waals surface area (Å²) in [6, 6.07) is 7.33. The van der Waals surface area contributed by atoms with Gasteiger partial charge in [0, 0.05) is 12.6 Å². The van der Waals surface area contributed by atoms with Gasteiger partial charge in [-0.15, -0.1) is 0 Å². The van der Waals surface area contributed by atoms with Crippen LogP contribution in [0.1, 0.15) is 10.5 Å². The summed E-state index contributed by atoms with van der Waals surface area (Å²) in [6.07, 6.45) is 1.34. The lowest BCUT2D eigenvalue weighted by atomic mass is 10.2. The Labute approximate surface area is 98.3 Å². The van der Waals surface area contributed by atoms with Crippen molar-refractivity contribution in [1.29, 1.82) is 0 Å². The van der Waals surface area contributed by atoms with Crippen LogP contribution in [0, 0.1) is 0 Å². The van der Waals surface area contributed by atoms with Crippen LogP contribution in [0.5, 0.6) is 5.75 Å². The zero-order valence-corrected chi connectivity index (χ0v) is 9.54. The van der Waals surface area contributed by atoms with Gasteiger partial charge in [0.25, 0.3) is 0 Å². The van der Waals surface area contributed by atoms with Crippen molar-refractivity contribution in [2.75, 3.05) is 7.11 Å². The van der Waals surface area contributed by atoms with E-state index >= 15 is 0 Å². The van der Waals surface area contributed by atoms with Gasteiger partial charge in [0.05, 0.1) is 13.3 Å². The first-order valence-corrected chi connectivity index (χ1v) is 5.03. The molecule has 0 aliphatic rings. The highest BCUT2D eigenvalue weighted by Gasteiger charge is 2.13. The number of rotatable bonds is 3. The lowest BCUT2D eigenvalue weighted by Gasteiger charge is -2.05. The number of nitrogens with zero attached hydrogens (tertiary/aromatic N) is 2. The van der Waals surface area contributed by atoms with Gasteiger partial charge in [0.1, 0.15) is 17.3 Å². The predicted molar refractivity (Wildman–Crippen MR) is 62.2 cm³/mol. The molecule has 0 fully saturated rings. The van der Waals surface area contributed by atoms with E-state index in [1.807, 2.05) is 24.3 Å². The van der Waals surface area contributed by atoms with Crippen LogP contribution in [-0.4, -0.2) is 27.7 Å². The van der Waals surface area contributed by atoms with Crippen molar-refractivity contribution in [1.82, 2.24) is 9.55 Å². The van der Waals surface area contributed by atoms with Gasteiger partial charge in [0.15, 0.2) is 0 Å². The van der Waals surface area contributed by atoms with E-state index in [0.717, 1.165) is 5.56 Å². The molecule has 17 heavy (non-hydrogen) atoms. The standard InChI is InChI=1S/C12H12N2O3/c1-14-10(12(15)16)7-13-11(14)8-4-3-5-9(6-8)17-2/h3-7H,1-2H3,(H,15,16). The van der Waals surface area contributed by atoms with E-state index in [0.29, 0.717) is 11.6 Å². The first-order valence-electron chi connectivity index (χ1n) is 5.03. The molecule has 88 valence electrons. The molecule has 1 N–H and O–H groups in total. The van der Waals surface area contributed by atoms with Gasteiger partial charge in [-0.2, -0.15) is 0 Å². The van der Waals surface area contributed by atoms with Crippen LogP contribution in [0.3, 0.4) is 0 Å². The van der Waals surface area contributed by atoms with E-state index in [4.69, 9.17) is 9.84 Å². The quantitative estimate of drug-likeness (QED) is 0.876. The fraction of sp³-hybridized carbons (Fsp3) is 0.167. The van der Waals surface area contributed by atoms with Crippen LogP contribution < -0.4 is 4.74 Å². The average Bonchev–Trinajstić information content (AvgIpc) is 2.71. The molecule has 1 heterocycles. The molecule has 5 nitrogen and oxygen atoms in total. The van der Waals surface area contributed by atoms with Crippen molar-refractivity contribution in [3.8, 4) is 17.1 Å². The number of aromatic carboxylic acids is 1. The monoisotopic (exact) mass is 232 g/mol. The highest BCUT2D eigenvalue weighted by Crippen LogP contribution is 2.22. The third kappa shape index (κ3) is 1.99. The van der Waals surface area contributed by atoms with Crippen molar-refractivity contribution in [3.63, 3.8) is 0 Å². The number of hydrogen-bond donors (Lipinski definition) is 1. The first kappa shape index (κ1) is 11.2. The number of hydrogen-bond acceptors (Lipinski definition) is 3. The number of imidazole rings is 1. The molecule has 0 amide bonds. The SMILES string of the molecule is COc1cccc(-c2ncc(C(=O)O)n2C)c1. The lowest BCUT2D eigenvalue weighted by molar-refractivity contribution is 0.0686. The zero-order chi connectivity index (χ0) is 12.4. The molecular weight excluding hydrogens is 220 g/mol. The molecule has 5 heteroatoms. The number of methoxy groups -OCH3 is 1. The minimum atomic E-state index is -0.992. The Hall–Kier alpha value is -2.30. The molecule has 2 rings (SSSR count). The van der Waals surface area contributed by atoms with Crippen LogP contribution in [0.25, 0.3) is 11.4 Å². The normalized spacial score (nSPS) is 10.2. The van der Waals surface area contributed by atoms with Crippen molar-refractivity contribution >= 4 is 5.97 Å². The fourth-order valence-electron chi connectivity index (χ4n) is 1.64. The van der Waals surface area contributed by atoms with Crippen molar-refractivity contribution in [2.24, 2.45) is 7.05 Å². The second-order valence-corrected chi connectivity index (χ2v) is 3.56. The molecule has 0 unspecified atom stereocenters. The number of carboxylic acid groups (broad SMARTS) is 1. The number of aromatic nitrogens is 2. The third-order valence-electron chi connectivity index (χ3n) is 2.54. The fourth-order valence-corrected chi connectivity index (χ4v) is 1.64. The van der Waals surface area contributed by atoms with Crippen LogP contribution in [0.15, 0.2) is 30.5 Å². The molecule has 0 atom stereocenters. The van der Waals surface area contributed by atoms with Crippen LogP contribution in [0.4, 0.5) is 0 Å². The maximum absolute atomic E-state index is 10.9. The predicted octanol–water partition coefficient (Wildman–Crippen LogP) is 1.79. The maximum atomic E-state index is 10.9. The smallest absolute Gasteiger partial charge is 0.354 e. The second-order valence-electron chi connectivity index (χ2n) is 3.56. The summed E-state index contributed by atoms with van der Waals surface area (Å²) in [5.74, 6) is 0.317. The van der Waals surface area contributed by atoms with Gasteiger partial charge in [0.2, 0.25) is 0 Å². The van der Waals surface area contributed by atoms with Crippen molar-refractivity contribution in [2.45, 2.75) is 0 Å². The summed E-state index contributed by atoms with van der Waals surface area (Å²) in [7, 11) is 3.26. The number of carboxylic acids is 1. The lowest BCUT2D eigenvalue weighted by Crippen LogP contribution is -2.05. The van der Waals surface area contributed by atoms with Crippen LogP contribution in [0.2, 0.25) is 0 Å².